The van der Waals surface area contributed by atoms with Gasteiger partial charge in [0.15, 0.2) is 0 Å². The second-order valence-electron chi connectivity index (χ2n) is 5.06. The number of methoxy groups -OCH3 is 1. The van der Waals surface area contributed by atoms with E-state index >= 15 is 0 Å². The summed E-state index contributed by atoms with van der Waals surface area (Å²) in [5, 5.41) is 13.9. The van der Waals surface area contributed by atoms with Crippen molar-refractivity contribution in [2.75, 3.05) is 7.11 Å². The van der Waals surface area contributed by atoms with E-state index in [0.717, 1.165) is 0 Å². The molecule has 0 rings (SSSR count). The Labute approximate surface area is 119 Å². The highest BCUT2D eigenvalue weighted by atomic mass is 16.5. The summed E-state index contributed by atoms with van der Waals surface area (Å²) in [6.45, 7) is 7.08. The molecule has 3 atom stereocenters. The second-order valence-corrected chi connectivity index (χ2v) is 5.06. The topological polar surface area (TPSA) is 105 Å². The molecule has 0 saturated heterocycles. The molecule has 20 heavy (non-hydrogen) atoms. The Kier molecular flexibility index (Phi) is 7.64. The number of rotatable bonds is 7. The molecule has 0 radical (unpaired) electrons. The first kappa shape index (κ1) is 18.2. The number of hydrogen-bond donors (Lipinski definition) is 3. The Bertz CT molecular complexity index is 351. The maximum Gasteiger partial charge on any atom is 0.328 e. The normalized spacial score (nSPS) is 15.1. The van der Waals surface area contributed by atoms with E-state index in [2.05, 4.69) is 15.4 Å². The molecule has 3 unspecified atom stereocenters. The number of esters is 1. The number of aliphatic carboxylic acids is 1. The lowest BCUT2D eigenvalue weighted by Gasteiger charge is -2.24. The van der Waals surface area contributed by atoms with Crippen LogP contribution < -0.4 is 10.6 Å². The summed E-state index contributed by atoms with van der Waals surface area (Å²) in [5.41, 5.74) is 0. The zero-order valence-electron chi connectivity index (χ0n) is 12.6. The molecule has 2 amide bonds. The molecule has 0 saturated carbocycles. The fourth-order valence-electron chi connectivity index (χ4n) is 1.63. The Balaban J connectivity index is 4.73. The van der Waals surface area contributed by atoms with Crippen molar-refractivity contribution in [3.63, 3.8) is 0 Å². The van der Waals surface area contributed by atoms with Crippen LogP contribution in [0.5, 0.6) is 0 Å². The standard InChI is InChI=1S/C13H24N2O5/c1-6-8(4)10(11(16)17)15-13(19)14-9(7(2)3)12(18)20-5/h7-10H,6H2,1-5H3,(H,16,17)(H2,14,15,19). The molecule has 7 heteroatoms. The number of carboxylic acids is 1. The largest absolute Gasteiger partial charge is 0.480 e. The number of amides is 2. The predicted octanol–water partition coefficient (Wildman–Crippen LogP) is 0.983. The first-order valence-electron chi connectivity index (χ1n) is 6.62. The molecular formula is C13H24N2O5. The van der Waals surface area contributed by atoms with Crippen LogP contribution in [0.1, 0.15) is 34.1 Å². The van der Waals surface area contributed by atoms with Gasteiger partial charge in [0.25, 0.3) is 0 Å². The van der Waals surface area contributed by atoms with Crippen LogP contribution in [-0.2, 0) is 14.3 Å². The molecule has 0 aliphatic rings. The minimum absolute atomic E-state index is 0.167. The van der Waals surface area contributed by atoms with Crippen LogP contribution in [0.15, 0.2) is 0 Å². The van der Waals surface area contributed by atoms with Gasteiger partial charge in [-0.2, -0.15) is 0 Å². The van der Waals surface area contributed by atoms with Gasteiger partial charge in [0.05, 0.1) is 7.11 Å². The van der Waals surface area contributed by atoms with E-state index in [1.54, 1.807) is 20.8 Å². The average molecular weight is 288 g/mol. The minimum atomic E-state index is -1.10. The van der Waals surface area contributed by atoms with Gasteiger partial charge in [-0.3, -0.25) is 0 Å². The van der Waals surface area contributed by atoms with Gasteiger partial charge in [-0.1, -0.05) is 34.1 Å². The monoisotopic (exact) mass is 288 g/mol. The molecular weight excluding hydrogens is 264 g/mol. The minimum Gasteiger partial charge on any atom is -0.480 e. The maximum atomic E-state index is 11.8. The Morgan fingerprint density at radius 3 is 1.95 bits per heavy atom. The molecule has 0 aromatic carbocycles. The molecule has 0 aromatic heterocycles. The first-order valence-corrected chi connectivity index (χ1v) is 6.62. The van der Waals surface area contributed by atoms with Crippen LogP contribution in [0.2, 0.25) is 0 Å². The van der Waals surface area contributed by atoms with Crippen LogP contribution >= 0.6 is 0 Å². The van der Waals surface area contributed by atoms with Crippen molar-refractivity contribution in [2.24, 2.45) is 11.8 Å². The van der Waals surface area contributed by atoms with E-state index in [4.69, 9.17) is 5.11 Å². The van der Waals surface area contributed by atoms with Gasteiger partial charge >= 0.3 is 18.0 Å². The lowest BCUT2D eigenvalue weighted by Crippen LogP contribution is -2.54. The quantitative estimate of drug-likeness (QED) is 0.606. The van der Waals surface area contributed by atoms with Crippen LogP contribution in [0.25, 0.3) is 0 Å². The second kappa shape index (κ2) is 8.39. The van der Waals surface area contributed by atoms with Crippen molar-refractivity contribution in [2.45, 2.75) is 46.2 Å². The zero-order chi connectivity index (χ0) is 15.9. The van der Waals surface area contributed by atoms with Crippen molar-refractivity contribution in [3.05, 3.63) is 0 Å². The summed E-state index contributed by atoms with van der Waals surface area (Å²) in [4.78, 5) is 34.4. The van der Waals surface area contributed by atoms with Gasteiger partial charge in [0.2, 0.25) is 0 Å². The first-order chi connectivity index (χ1) is 9.24. The highest BCUT2D eigenvalue weighted by Crippen LogP contribution is 2.08. The fraction of sp³-hybridized carbons (Fsp3) is 0.769. The van der Waals surface area contributed by atoms with Crippen LogP contribution in [0.4, 0.5) is 4.79 Å². The molecule has 0 heterocycles. The third kappa shape index (κ3) is 5.46. The molecule has 0 bridgehead atoms. The van der Waals surface area contributed by atoms with E-state index in [9.17, 15) is 14.4 Å². The van der Waals surface area contributed by atoms with Crippen LogP contribution in [0.3, 0.4) is 0 Å². The molecule has 0 fully saturated rings. The molecule has 0 aliphatic carbocycles. The van der Waals surface area contributed by atoms with E-state index in [-0.39, 0.29) is 11.8 Å². The summed E-state index contributed by atoms with van der Waals surface area (Å²) in [6, 6.07) is -2.50. The SMILES string of the molecule is CCC(C)C(NC(=O)NC(C(=O)OC)C(C)C)C(=O)O. The van der Waals surface area contributed by atoms with Gasteiger partial charge in [-0.15, -0.1) is 0 Å². The molecule has 0 aliphatic heterocycles. The molecule has 0 spiro atoms. The number of carboxylic acid groups (broad SMARTS) is 1. The summed E-state index contributed by atoms with van der Waals surface area (Å²) < 4.78 is 4.60. The van der Waals surface area contributed by atoms with E-state index in [1.165, 1.54) is 7.11 Å². The summed E-state index contributed by atoms with van der Waals surface area (Å²) in [7, 11) is 1.23. The Hall–Kier alpha value is -1.79. The lowest BCUT2D eigenvalue weighted by atomic mass is 9.99. The number of carbonyl (C=O) groups excluding carboxylic acids is 2. The number of urea groups is 1. The van der Waals surface area contributed by atoms with E-state index in [0.29, 0.717) is 6.42 Å². The number of carbonyl (C=O) groups is 3. The number of hydrogen-bond acceptors (Lipinski definition) is 4. The van der Waals surface area contributed by atoms with Crippen molar-refractivity contribution in [3.8, 4) is 0 Å². The third-order valence-electron chi connectivity index (χ3n) is 3.17. The Morgan fingerprint density at radius 1 is 1.10 bits per heavy atom. The molecule has 7 nitrogen and oxygen atoms in total. The highest BCUT2D eigenvalue weighted by molar-refractivity contribution is 5.86. The van der Waals surface area contributed by atoms with Gasteiger partial charge in [-0.25, -0.2) is 14.4 Å². The molecule has 3 N–H and O–H groups in total. The fourth-order valence-corrected chi connectivity index (χ4v) is 1.63. The maximum absolute atomic E-state index is 11.8. The van der Waals surface area contributed by atoms with Crippen molar-refractivity contribution < 1.29 is 24.2 Å². The van der Waals surface area contributed by atoms with Gasteiger partial charge in [0.1, 0.15) is 12.1 Å². The van der Waals surface area contributed by atoms with Gasteiger partial charge < -0.3 is 20.5 Å². The number of ether oxygens (including phenoxy) is 1. The van der Waals surface area contributed by atoms with Crippen molar-refractivity contribution >= 4 is 18.0 Å². The van der Waals surface area contributed by atoms with E-state index < -0.39 is 30.1 Å². The Morgan fingerprint density at radius 2 is 1.60 bits per heavy atom. The highest BCUT2D eigenvalue weighted by Gasteiger charge is 2.29. The number of nitrogens with one attached hydrogen (secondary N) is 2. The van der Waals surface area contributed by atoms with Crippen LogP contribution in [0, 0.1) is 11.8 Å². The summed E-state index contributed by atoms with van der Waals surface area (Å²) in [6.07, 6.45) is 0.613. The predicted molar refractivity (Wildman–Crippen MR) is 73.2 cm³/mol. The van der Waals surface area contributed by atoms with Crippen LogP contribution in [-0.4, -0.2) is 42.3 Å². The van der Waals surface area contributed by atoms with Gasteiger partial charge in [-0.05, 0) is 11.8 Å². The lowest BCUT2D eigenvalue weighted by molar-refractivity contribution is -0.144. The summed E-state index contributed by atoms with van der Waals surface area (Å²) in [5.74, 6) is -2.05. The van der Waals surface area contributed by atoms with Crippen molar-refractivity contribution in [1.29, 1.82) is 0 Å². The molecule has 116 valence electrons. The zero-order valence-corrected chi connectivity index (χ0v) is 12.6. The van der Waals surface area contributed by atoms with E-state index in [1.807, 2.05) is 6.92 Å². The smallest absolute Gasteiger partial charge is 0.328 e. The summed E-state index contributed by atoms with van der Waals surface area (Å²) >= 11 is 0. The average Bonchev–Trinajstić information content (AvgIpc) is 2.39. The third-order valence-corrected chi connectivity index (χ3v) is 3.17. The molecule has 0 aromatic rings. The van der Waals surface area contributed by atoms with Crippen molar-refractivity contribution in [1.82, 2.24) is 10.6 Å². The van der Waals surface area contributed by atoms with Gasteiger partial charge in [0, 0.05) is 0 Å².